The molecule has 0 radical (unpaired) electrons. The molecule has 4 aromatic rings. The van der Waals surface area contributed by atoms with Crippen LogP contribution in [0.2, 0.25) is 0 Å². The van der Waals surface area contributed by atoms with Crippen molar-refractivity contribution in [1.29, 1.82) is 0 Å². The highest BCUT2D eigenvalue weighted by molar-refractivity contribution is 6.12. The SMILES string of the molecule is COC(=O)Oc1c2ccccc2c(OC(=O)OC)c2cc(Oc3ccccc3)ccc12. The molecule has 0 amide bonds. The zero-order valence-corrected chi connectivity index (χ0v) is 16.8. The topological polar surface area (TPSA) is 80.3 Å². The summed E-state index contributed by atoms with van der Waals surface area (Å²) in [4.78, 5) is 23.9. The average molecular weight is 418 g/mol. The highest BCUT2D eigenvalue weighted by Crippen LogP contribution is 2.44. The highest BCUT2D eigenvalue weighted by atomic mass is 16.7. The number of rotatable bonds is 4. The lowest BCUT2D eigenvalue weighted by molar-refractivity contribution is 0.120. The molecule has 7 nitrogen and oxygen atoms in total. The van der Waals surface area contributed by atoms with E-state index in [1.807, 2.05) is 30.3 Å². The first-order valence-electron chi connectivity index (χ1n) is 9.33. The lowest BCUT2D eigenvalue weighted by Gasteiger charge is -2.16. The molecule has 0 aliphatic carbocycles. The Balaban J connectivity index is 1.97. The van der Waals surface area contributed by atoms with Crippen molar-refractivity contribution >= 4 is 33.9 Å². The number of methoxy groups -OCH3 is 2. The molecular formula is C24H18O7. The van der Waals surface area contributed by atoms with Crippen LogP contribution in [0.5, 0.6) is 23.0 Å². The first-order chi connectivity index (χ1) is 15.1. The molecule has 156 valence electrons. The van der Waals surface area contributed by atoms with Gasteiger partial charge in [-0.1, -0.05) is 42.5 Å². The Hall–Kier alpha value is -4.26. The first-order valence-corrected chi connectivity index (χ1v) is 9.33. The maximum absolute atomic E-state index is 12.0. The van der Waals surface area contributed by atoms with Gasteiger partial charge in [-0.3, -0.25) is 0 Å². The van der Waals surface area contributed by atoms with Crippen molar-refractivity contribution in [2.75, 3.05) is 14.2 Å². The minimum absolute atomic E-state index is 0.258. The van der Waals surface area contributed by atoms with Gasteiger partial charge in [0.2, 0.25) is 0 Å². The van der Waals surface area contributed by atoms with Crippen molar-refractivity contribution in [2.24, 2.45) is 0 Å². The van der Waals surface area contributed by atoms with Gasteiger partial charge >= 0.3 is 12.3 Å². The minimum atomic E-state index is -0.873. The van der Waals surface area contributed by atoms with E-state index in [0.29, 0.717) is 33.0 Å². The summed E-state index contributed by atoms with van der Waals surface area (Å²) in [5, 5.41) is 2.15. The Morgan fingerprint density at radius 3 is 1.68 bits per heavy atom. The Bertz CT molecular complexity index is 1270. The van der Waals surface area contributed by atoms with Crippen LogP contribution >= 0.6 is 0 Å². The molecule has 0 unspecified atom stereocenters. The quantitative estimate of drug-likeness (QED) is 0.226. The molecule has 7 heteroatoms. The third-order valence-corrected chi connectivity index (χ3v) is 4.58. The summed E-state index contributed by atoms with van der Waals surface area (Å²) in [7, 11) is 2.46. The molecule has 4 rings (SSSR count). The fourth-order valence-corrected chi connectivity index (χ4v) is 3.24. The van der Waals surface area contributed by atoms with Crippen LogP contribution in [-0.4, -0.2) is 26.5 Å². The van der Waals surface area contributed by atoms with E-state index in [4.69, 9.17) is 18.9 Å². The Labute approximate surface area is 177 Å². The van der Waals surface area contributed by atoms with Crippen molar-refractivity contribution in [3.8, 4) is 23.0 Å². The molecule has 0 bridgehead atoms. The van der Waals surface area contributed by atoms with Crippen LogP contribution in [0, 0.1) is 0 Å². The van der Waals surface area contributed by atoms with Gasteiger partial charge < -0.3 is 23.7 Å². The Morgan fingerprint density at radius 1 is 0.581 bits per heavy atom. The summed E-state index contributed by atoms with van der Waals surface area (Å²) in [5.41, 5.74) is 0. The van der Waals surface area contributed by atoms with E-state index in [-0.39, 0.29) is 11.5 Å². The van der Waals surface area contributed by atoms with Crippen LogP contribution in [0.1, 0.15) is 0 Å². The van der Waals surface area contributed by atoms with Gasteiger partial charge in [-0.05, 0) is 30.3 Å². The van der Waals surface area contributed by atoms with Crippen molar-refractivity contribution < 1.29 is 33.3 Å². The van der Waals surface area contributed by atoms with Crippen LogP contribution < -0.4 is 14.2 Å². The lowest BCUT2D eigenvalue weighted by atomic mass is 10.00. The summed E-state index contributed by atoms with van der Waals surface area (Å²) < 4.78 is 26.2. The van der Waals surface area contributed by atoms with Gasteiger partial charge in [-0.25, -0.2) is 9.59 Å². The van der Waals surface area contributed by atoms with Crippen molar-refractivity contribution in [2.45, 2.75) is 0 Å². The van der Waals surface area contributed by atoms with E-state index in [2.05, 4.69) is 4.74 Å². The molecule has 31 heavy (non-hydrogen) atoms. The fraction of sp³-hybridized carbons (Fsp3) is 0.0833. The second kappa shape index (κ2) is 8.62. The standard InChI is InChI=1S/C24H18O7/c1-27-23(25)30-21-17-10-6-7-11-18(17)22(31-24(26)28-2)20-14-16(12-13-19(20)21)29-15-8-4-3-5-9-15/h3-14H,1-2H3. The van der Waals surface area contributed by atoms with Crippen molar-refractivity contribution in [3.63, 3.8) is 0 Å². The van der Waals surface area contributed by atoms with Crippen molar-refractivity contribution in [1.82, 2.24) is 0 Å². The summed E-state index contributed by atoms with van der Waals surface area (Å²) >= 11 is 0. The molecule has 0 saturated heterocycles. The molecule has 0 spiro atoms. The molecule has 0 heterocycles. The van der Waals surface area contributed by atoms with Gasteiger partial charge in [-0.15, -0.1) is 0 Å². The zero-order chi connectivity index (χ0) is 21.8. The number of hydrogen-bond donors (Lipinski definition) is 0. The summed E-state index contributed by atoms with van der Waals surface area (Å²) in [5.74, 6) is 1.69. The van der Waals surface area contributed by atoms with Crippen LogP contribution in [0.15, 0.2) is 72.8 Å². The lowest BCUT2D eigenvalue weighted by Crippen LogP contribution is -2.10. The largest absolute Gasteiger partial charge is 0.513 e. The van der Waals surface area contributed by atoms with E-state index < -0.39 is 12.3 Å². The van der Waals surface area contributed by atoms with Crippen LogP contribution in [0.4, 0.5) is 9.59 Å². The number of hydrogen-bond acceptors (Lipinski definition) is 7. The maximum Gasteiger partial charge on any atom is 0.513 e. The average Bonchev–Trinajstić information content (AvgIpc) is 2.81. The molecular weight excluding hydrogens is 400 g/mol. The predicted octanol–water partition coefficient (Wildman–Crippen LogP) is 6.08. The van der Waals surface area contributed by atoms with E-state index in [9.17, 15) is 9.59 Å². The van der Waals surface area contributed by atoms with Gasteiger partial charge in [0.25, 0.3) is 0 Å². The number of para-hydroxylation sites is 1. The zero-order valence-electron chi connectivity index (χ0n) is 16.8. The summed E-state index contributed by atoms with van der Waals surface area (Å²) in [6.07, 6.45) is -1.74. The monoisotopic (exact) mass is 418 g/mol. The normalized spacial score (nSPS) is 10.5. The Morgan fingerprint density at radius 2 is 1.10 bits per heavy atom. The second-order valence-electron chi connectivity index (χ2n) is 6.44. The predicted molar refractivity (Wildman–Crippen MR) is 114 cm³/mol. The second-order valence-corrected chi connectivity index (χ2v) is 6.44. The van der Waals surface area contributed by atoms with Gasteiger partial charge in [0, 0.05) is 21.5 Å². The Kier molecular flexibility index (Phi) is 5.57. The maximum atomic E-state index is 12.0. The first kappa shape index (κ1) is 20.0. The third kappa shape index (κ3) is 4.06. The van der Waals surface area contributed by atoms with Gasteiger partial charge in [0.05, 0.1) is 14.2 Å². The third-order valence-electron chi connectivity index (χ3n) is 4.58. The van der Waals surface area contributed by atoms with Gasteiger partial charge in [0.1, 0.15) is 17.2 Å². The minimum Gasteiger partial charge on any atom is -0.457 e. The highest BCUT2D eigenvalue weighted by Gasteiger charge is 2.21. The molecule has 0 saturated carbocycles. The smallest absolute Gasteiger partial charge is 0.457 e. The van der Waals surface area contributed by atoms with E-state index in [1.54, 1.807) is 42.5 Å². The molecule has 0 N–H and O–H groups in total. The number of ether oxygens (including phenoxy) is 5. The number of fused-ring (bicyclic) bond motifs is 2. The van der Waals surface area contributed by atoms with Crippen LogP contribution in [-0.2, 0) is 9.47 Å². The van der Waals surface area contributed by atoms with E-state index in [1.165, 1.54) is 14.2 Å². The fourth-order valence-electron chi connectivity index (χ4n) is 3.24. The van der Waals surface area contributed by atoms with E-state index in [0.717, 1.165) is 0 Å². The number of carbonyl (C=O) groups is 2. The molecule has 0 fully saturated rings. The molecule has 0 aliphatic rings. The van der Waals surface area contributed by atoms with Crippen LogP contribution in [0.25, 0.3) is 21.5 Å². The van der Waals surface area contributed by atoms with Gasteiger partial charge in [0.15, 0.2) is 5.75 Å². The molecule has 4 aromatic carbocycles. The number of carbonyl (C=O) groups excluding carboxylic acids is 2. The van der Waals surface area contributed by atoms with Crippen molar-refractivity contribution in [3.05, 3.63) is 72.8 Å². The summed E-state index contributed by atoms with van der Waals surface area (Å²) in [6.45, 7) is 0. The van der Waals surface area contributed by atoms with Crippen LogP contribution in [0.3, 0.4) is 0 Å². The number of benzene rings is 4. The molecule has 0 atom stereocenters. The van der Waals surface area contributed by atoms with Gasteiger partial charge in [-0.2, -0.15) is 0 Å². The molecule has 0 aromatic heterocycles. The summed E-state index contributed by atoms with van der Waals surface area (Å²) in [6, 6.07) is 21.5. The molecule has 0 aliphatic heterocycles. The van der Waals surface area contributed by atoms with E-state index >= 15 is 0 Å².